The predicted molar refractivity (Wildman–Crippen MR) is 82.8 cm³/mol. The van der Waals surface area contributed by atoms with Crippen LogP contribution in [0.3, 0.4) is 0 Å². The minimum Gasteiger partial charge on any atom is -0.494 e. The highest BCUT2D eigenvalue weighted by Crippen LogP contribution is 2.32. The van der Waals surface area contributed by atoms with Crippen molar-refractivity contribution in [1.82, 2.24) is 5.32 Å². The minimum atomic E-state index is -0.280. The second-order valence-electron chi connectivity index (χ2n) is 6.13. The summed E-state index contributed by atoms with van der Waals surface area (Å²) in [6.45, 7) is 10.9. The zero-order chi connectivity index (χ0) is 15.2. The van der Waals surface area contributed by atoms with Crippen molar-refractivity contribution in [1.29, 1.82) is 0 Å². The molecule has 1 N–H and O–H groups in total. The summed E-state index contributed by atoms with van der Waals surface area (Å²) in [7, 11) is 1.49. The molecule has 0 amide bonds. The first-order valence-electron chi connectivity index (χ1n) is 7.46. The number of hydrogen-bond acceptors (Lipinski definition) is 2. The van der Waals surface area contributed by atoms with E-state index in [1.54, 1.807) is 12.1 Å². The molecule has 1 rings (SSSR count). The number of halogens is 1. The second-order valence-corrected chi connectivity index (χ2v) is 6.13. The van der Waals surface area contributed by atoms with Gasteiger partial charge in [0, 0.05) is 6.54 Å². The fraction of sp³-hybridized carbons (Fsp3) is 0.647. The molecule has 1 aromatic carbocycles. The van der Waals surface area contributed by atoms with Gasteiger partial charge < -0.3 is 10.1 Å². The predicted octanol–water partition coefficient (Wildman–Crippen LogP) is 4.04. The summed E-state index contributed by atoms with van der Waals surface area (Å²) in [6, 6.07) is 5.27. The average molecular weight is 281 g/mol. The summed E-state index contributed by atoms with van der Waals surface area (Å²) < 4.78 is 18.8. The van der Waals surface area contributed by atoms with Crippen LogP contribution in [0.5, 0.6) is 5.75 Å². The van der Waals surface area contributed by atoms with E-state index in [0.717, 1.165) is 31.5 Å². The number of methoxy groups -OCH3 is 1. The third-order valence-corrected chi connectivity index (χ3v) is 4.17. The molecule has 0 aliphatic heterocycles. The first-order chi connectivity index (χ1) is 9.42. The Labute approximate surface area is 122 Å². The Balaban J connectivity index is 2.81. The van der Waals surface area contributed by atoms with Gasteiger partial charge in [0.25, 0.3) is 0 Å². The molecule has 1 aromatic rings. The van der Waals surface area contributed by atoms with Crippen LogP contribution in [0.2, 0.25) is 0 Å². The van der Waals surface area contributed by atoms with Crippen LogP contribution < -0.4 is 10.1 Å². The largest absolute Gasteiger partial charge is 0.494 e. The van der Waals surface area contributed by atoms with Crippen molar-refractivity contribution < 1.29 is 9.13 Å². The normalized spacial score (nSPS) is 14.3. The van der Waals surface area contributed by atoms with Crippen molar-refractivity contribution in [2.45, 2.75) is 40.5 Å². The van der Waals surface area contributed by atoms with E-state index < -0.39 is 0 Å². The molecule has 0 aliphatic carbocycles. The van der Waals surface area contributed by atoms with Crippen LogP contribution in [0.4, 0.5) is 4.39 Å². The monoisotopic (exact) mass is 281 g/mol. The smallest absolute Gasteiger partial charge is 0.165 e. The van der Waals surface area contributed by atoms with Crippen LogP contribution in [0.25, 0.3) is 0 Å². The van der Waals surface area contributed by atoms with Crippen molar-refractivity contribution in [3.63, 3.8) is 0 Å². The first kappa shape index (κ1) is 17.0. The summed E-state index contributed by atoms with van der Waals surface area (Å²) in [4.78, 5) is 0. The van der Waals surface area contributed by atoms with Gasteiger partial charge in [-0.05, 0) is 48.4 Å². The molecule has 1 unspecified atom stereocenters. The molecular formula is C17H28FNO. The fourth-order valence-electron chi connectivity index (χ4n) is 2.31. The highest BCUT2D eigenvalue weighted by atomic mass is 19.1. The fourth-order valence-corrected chi connectivity index (χ4v) is 2.31. The molecular weight excluding hydrogens is 253 g/mol. The highest BCUT2D eigenvalue weighted by Gasteiger charge is 2.28. The molecule has 0 spiro atoms. The van der Waals surface area contributed by atoms with Gasteiger partial charge >= 0.3 is 0 Å². The van der Waals surface area contributed by atoms with E-state index in [0.29, 0.717) is 11.7 Å². The van der Waals surface area contributed by atoms with Gasteiger partial charge in [0.05, 0.1) is 7.11 Å². The lowest BCUT2D eigenvalue weighted by atomic mass is 9.74. The van der Waals surface area contributed by atoms with Crippen LogP contribution in [0, 0.1) is 17.2 Å². The zero-order valence-corrected chi connectivity index (χ0v) is 13.4. The minimum absolute atomic E-state index is 0.121. The molecule has 0 saturated heterocycles. The summed E-state index contributed by atoms with van der Waals surface area (Å²) >= 11 is 0. The molecule has 0 radical (unpaired) electrons. The summed E-state index contributed by atoms with van der Waals surface area (Å²) in [6.07, 6.45) is 1.99. The maximum absolute atomic E-state index is 13.8. The van der Waals surface area contributed by atoms with E-state index in [1.807, 2.05) is 6.07 Å². The third-order valence-electron chi connectivity index (χ3n) is 4.17. The number of rotatable bonds is 8. The molecule has 0 aliphatic rings. The lowest BCUT2D eigenvalue weighted by molar-refractivity contribution is 0.207. The average Bonchev–Trinajstić information content (AvgIpc) is 2.39. The molecule has 3 heteroatoms. The van der Waals surface area contributed by atoms with E-state index in [-0.39, 0.29) is 11.2 Å². The van der Waals surface area contributed by atoms with Crippen LogP contribution in [0.15, 0.2) is 18.2 Å². The van der Waals surface area contributed by atoms with Crippen molar-refractivity contribution in [2.75, 3.05) is 20.2 Å². The highest BCUT2D eigenvalue weighted by molar-refractivity contribution is 5.30. The summed E-state index contributed by atoms with van der Waals surface area (Å²) in [5, 5.41) is 3.50. The molecule has 114 valence electrons. The molecule has 0 saturated carbocycles. The maximum Gasteiger partial charge on any atom is 0.165 e. The van der Waals surface area contributed by atoms with Crippen molar-refractivity contribution in [3.8, 4) is 5.75 Å². The van der Waals surface area contributed by atoms with Gasteiger partial charge in [-0.1, -0.05) is 33.8 Å². The number of hydrogen-bond donors (Lipinski definition) is 1. The van der Waals surface area contributed by atoms with Gasteiger partial charge in [-0.15, -0.1) is 0 Å². The van der Waals surface area contributed by atoms with Crippen LogP contribution in [-0.2, 0) is 6.42 Å². The van der Waals surface area contributed by atoms with Gasteiger partial charge in [0.2, 0.25) is 0 Å². The molecule has 2 nitrogen and oxygen atoms in total. The number of nitrogens with one attached hydrogen (secondary N) is 1. The van der Waals surface area contributed by atoms with Gasteiger partial charge in [0.15, 0.2) is 11.6 Å². The Morgan fingerprint density at radius 1 is 1.35 bits per heavy atom. The molecule has 0 bridgehead atoms. The van der Waals surface area contributed by atoms with E-state index in [9.17, 15) is 4.39 Å². The first-order valence-corrected chi connectivity index (χ1v) is 7.46. The van der Waals surface area contributed by atoms with Crippen LogP contribution in [0.1, 0.15) is 39.7 Å². The Morgan fingerprint density at radius 3 is 2.55 bits per heavy atom. The molecule has 0 aromatic heterocycles. The molecule has 20 heavy (non-hydrogen) atoms. The quantitative estimate of drug-likeness (QED) is 0.726. The van der Waals surface area contributed by atoms with Gasteiger partial charge in [0.1, 0.15) is 0 Å². The molecule has 0 fully saturated rings. The third kappa shape index (κ3) is 4.48. The second kappa shape index (κ2) is 7.63. The van der Waals surface area contributed by atoms with E-state index in [4.69, 9.17) is 4.74 Å². The van der Waals surface area contributed by atoms with Crippen LogP contribution >= 0.6 is 0 Å². The lowest BCUT2D eigenvalue weighted by Crippen LogP contribution is -2.38. The standard InChI is InChI=1S/C17H28FNO/c1-6-9-19-12-17(4,13(2)3)11-14-7-8-16(20-5)15(18)10-14/h7-8,10,13,19H,6,9,11-12H2,1-5H3. The van der Waals surface area contributed by atoms with Gasteiger partial charge in [-0.3, -0.25) is 0 Å². The van der Waals surface area contributed by atoms with Crippen molar-refractivity contribution in [3.05, 3.63) is 29.6 Å². The van der Waals surface area contributed by atoms with Crippen LogP contribution in [-0.4, -0.2) is 20.2 Å². The van der Waals surface area contributed by atoms with E-state index in [2.05, 4.69) is 33.0 Å². The lowest BCUT2D eigenvalue weighted by Gasteiger charge is -2.34. The Bertz CT molecular complexity index is 419. The molecule has 0 heterocycles. The summed E-state index contributed by atoms with van der Waals surface area (Å²) in [5.41, 5.74) is 1.15. The Hall–Kier alpha value is -1.09. The number of benzene rings is 1. The summed E-state index contributed by atoms with van der Waals surface area (Å²) in [5.74, 6) is 0.554. The molecule has 1 atom stereocenters. The van der Waals surface area contributed by atoms with E-state index >= 15 is 0 Å². The van der Waals surface area contributed by atoms with E-state index in [1.165, 1.54) is 7.11 Å². The SMILES string of the molecule is CCCNCC(C)(Cc1ccc(OC)c(F)c1)C(C)C. The Kier molecular flexibility index (Phi) is 6.47. The number of ether oxygens (including phenoxy) is 1. The zero-order valence-electron chi connectivity index (χ0n) is 13.4. The maximum atomic E-state index is 13.8. The Morgan fingerprint density at radius 2 is 2.05 bits per heavy atom. The van der Waals surface area contributed by atoms with Gasteiger partial charge in [-0.2, -0.15) is 0 Å². The topological polar surface area (TPSA) is 21.3 Å². The van der Waals surface area contributed by atoms with Crippen molar-refractivity contribution in [2.24, 2.45) is 11.3 Å². The van der Waals surface area contributed by atoms with Gasteiger partial charge in [-0.25, -0.2) is 4.39 Å². The van der Waals surface area contributed by atoms with Crippen molar-refractivity contribution >= 4 is 0 Å².